The Morgan fingerprint density at radius 1 is 1.17 bits per heavy atom. The zero-order chi connectivity index (χ0) is 36.0. The van der Waals surface area contributed by atoms with Crippen LogP contribution in [0.3, 0.4) is 0 Å². The van der Waals surface area contributed by atoms with Gasteiger partial charge in [0.05, 0.1) is 19.8 Å². The van der Waals surface area contributed by atoms with Crippen LogP contribution in [-0.2, 0) is 55.8 Å². The van der Waals surface area contributed by atoms with Crippen LogP contribution in [-0.4, -0.2) is 110 Å². The Bertz CT molecular complexity index is 1630. The molecule has 2 fully saturated rings. The number of amides is 1. The molecule has 1 amide bonds. The maximum Gasteiger partial charge on any atom is 0.483 e. The van der Waals surface area contributed by atoms with Crippen LogP contribution in [0.1, 0.15) is 33.4 Å². The van der Waals surface area contributed by atoms with Crippen LogP contribution < -0.4 is 16.6 Å². The molecule has 1 aromatic rings. The largest absolute Gasteiger partial charge is 0.483 e. The van der Waals surface area contributed by atoms with Gasteiger partial charge in [0, 0.05) is 44.4 Å². The summed E-state index contributed by atoms with van der Waals surface area (Å²) in [4.78, 5) is 84.0. The van der Waals surface area contributed by atoms with E-state index in [1.807, 2.05) is 4.98 Å². The van der Waals surface area contributed by atoms with Gasteiger partial charge in [0.25, 0.3) is 5.56 Å². The first-order valence-corrected chi connectivity index (χ1v) is 16.6. The van der Waals surface area contributed by atoms with E-state index in [4.69, 9.17) is 29.0 Å². The molecule has 0 aromatic carbocycles. The number of rotatable bonds is 14. The van der Waals surface area contributed by atoms with Crippen molar-refractivity contribution in [3.05, 3.63) is 43.5 Å². The molecular formula is C22H32N6O18P2. The standard InChI is InChI=1S/C22H32N6O18P2/c1-10(29)25-15-17(43-12(3)31)16(42-11(2)30)13(8-24-27-23)44-20(15)45-48(38,39)46-47(36,37)41-7-5-22(35)9-40-19(18(22)33)28-6-4-14(32)26-21(28)34/h4,6,13,15-20,33,35H,5,7-9H2,1-3H3,(H,25,29)(H,36,37)(H,38,39)(H,26,32,34)/t13?,15?,16?,17?,18?,19-,20?,22?/m1/s1. The second kappa shape index (κ2) is 15.8. The van der Waals surface area contributed by atoms with Crippen LogP contribution in [0, 0.1) is 0 Å². The van der Waals surface area contributed by atoms with Crippen molar-refractivity contribution in [3.63, 3.8) is 0 Å². The molecule has 10 atom stereocenters. The van der Waals surface area contributed by atoms with Crippen LogP contribution in [0.5, 0.6) is 0 Å². The number of aromatic nitrogens is 2. The smallest absolute Gasteiger partial charge is 0.456 e. The number of H-pyrrole nitrogens is 1. The van der Waals surface area contributed by atoms with Crippen molar-refractivity contribution >= 4 is 33.5 Å². The average Bonchev–Trinajstić information content (AvgIpc) is 3.23. The fourth-order valence-electron chi connectivity index (χ4n) is 4.70. The van der Waals surface area contributed by atoms with E-state index in [0.29, 0.717) is 0 Å². The summed E-state index contributed by atoms with van der Waals surface area (Å²) in [5.74, 6) is -2.74. The van der Waals surface area contributed by atoms with Crippen molar-refractivity contribution in [3.8, 4) is 0 Å². The van der Waals surface area contributed by atoms with Gasteiger partial charge >= 0.3 is 33.3 Å². The molecule has 6 N–H and O–H groups in total. The van der Waals surface area contributed by atoms with Gasteiger partial charge in [0.1, 0.15) is 23.9 Å². The highest BCUT2D eigenvalue weighted by atomic mass is 31.3. The molecule has 2 aliphatic rings. The number of nitrogens with one attached hydrogen (secondary N) is 2. The molecule has 26 heteroatoms. The van der Waals surface area contributed by atoms with Gasteiger partial charge in [-0.3, -0.25) is 37.8 Å². The lowest BCUT2D eigenvalue weighted by Crippen LogP contribution is -2.66. The summed E-state index contributed by atoms with van der Waals surface area (Å²) in [6.45, 7) is 0.739. The van der Waals surface area contributed by atoms with Crippen molar-refractivity contribution < 1.29 is 75.8 Å². The molecule has 24 nitrogen and oxygen atoms in total. The second-order valence-electron chi connectivity index (χ2n) is 10.3. The molecule has 2 aliphatic heterocycles. The topological polar surface area (TPSA) is 347 Å². The molecule has 3 rings (SSSR count). The third-order valence-corrected chi connectivity index (χ3v) is 9.26. The number of aromatic amines is 1. The number of phosphoric acid groups is 2. The maximum atomic E-state index is 12.9. The zero-order valence-corrected chi connectivity index (χ0v) is 27.0. The van der Waals surface area contributed by atoms with E-state index in [1.54, 1.807) is 0 Å². The number of esters is 2. The maximum absolute atomic E-state index is 12.9. The summed E-state index contributed by atoms with van der Waals surface area (Å²) in [7, 11) is -11.3. The minimum absolute atomic E-state index is 0.621. The highest BCUT2D eigenvalue weighted by Crippen LogP contribution is 2.61. The number of carbonyl (C=O) groups is 3. The molecule has 268 valence electrons. The molecule has 2 saturated heterocycles. The lowest BCUT2D eigenvalue weighted by molar-refractivity contribution is -0.250. The number of phosphoric ester groups is 2. The van der Waals surface area contributed by atoms with Crippen molar-refractivity contribution in [2.75, 3.05) is 19.8 Å². The summed E-state index contributed by atoms with van der Waals surface area (Å²) in [6.07, 6.45) is -9.91. The van der Waals surface area contributed by atoms with Gasteiger partial charge < -0.3 is 44.3 Å². The Hall–Kier alpha value is -3.50. The number of hydrogen-bond acceptors (Lipinski definition) is 17. The van der Waals surface area contributed by atoms with Crippen molar-refractivity contribution in [1.82, 2.24) is 14.9 Å². The van der Waals surface area contributed by atoms with Gasteiger partial charge in [-0.15, -0.1) is 0 Å². The van der Waals surface area contributed by atoms with E-state index < -0.39 is 119 Å². The molecule has 0 bridgehead atoms. The van der Waals surface area contributed by atoms with Gasteiger partial charge in [-0.2, -0.15) is 4.31 Å². The third kappa shape index (κ3) is 10.3. The molecule has 0 spiro atoms. The van der Waals surface area contributed by atoms with E-state index in [9.17, 15) is 53.1 Å². The Morgan fingerprint density at radius 3 is 2.40 bits per heavy atom. The highest BCUT2D eigenvalue weighted by Gasteiger charge is 2.54. The van der Waals surface area contributed by atoms with Crippen molar-refractivity contribution in [1.29, 1.82) is 0 Å². The van der Waals surface area contributed by atoms with E-state index >= 15 is 0 Å². The van der Waals surface area contributed by atoms with Crippen LogP contribution in [0.4, 0.5) is 0 Å². The van der Waals surface area contributed by atoms with Gasteiger partial charge in [0.2, 0.25) is 5.91 Å². The fraction of sp³-hybridized carbons (Fsp3) is 0.682. The summed E-state index contributed by atoms with van der Waals surface area (Å²) >= 11 is 0. The summed E-state index contributed by atoms with van der Waals surface area (Å²) in [6, 6.07) is -0.777. The van der Waals surface area contributed by atoms with E-state index in [-0.39, 0.29) is 0 Å². The average molecular weight is 730 g/mol. The van der Waals surface area contributed by atoms with Crippen LogP contribution in [0.2, 0.25) is 0 Å². The minimum atomic E-state index is -5.75. The Kier molecular flexibility index (Phi) is 12.8. The number of ether oxygens (including phenoxy) is 4. The summed E-state index contributed by atoms with van der Waals surface area (Å²) < 4.78 is 61.2. The predicted molar refractivity (Wildman–Crippen MR) is 151 cm³/mol. The van der Waals surface area contributed by atoms with Crippen LogP contribution >= 0.6 is 15.6 Å². The predicted octanol–water partition coefficient (Wildman–Crippen LogP) is -1.80. The lowest BCUT2D eigenvalue weighted by Gasteiger charge is -2.44. The second-order valence-corrected chi connectivity index (χ2v) is 13.3. The zero-order valence-electron chi connectivity index (χ0n) is 25.2. The van der Waals surface area contributed by atoms with Gasteiger partial charge in [0.15, 0.2) is 24.7 Å². The lowest BCUT2D eigenvalue weighted by atomic mass is 9.95. The van der Waals surface area contributed by atoms with Gasteiger partial charge in [-0.05, 0) is 5.53 Å². The van der Waals surface area contributed by atoms with E-state index in [2.05, 4.69) is 24.2 Å². The number of aliphatic hydroxyl groups is 2. The first-order valence-electron chi connectivity index (χ1n) is 13.6. The quantitative estimate of drug-likeness (QED) is 0.0404. The SMILES string of the molecule is CC(=O)NC1C(OP(=O)(O)OP(=O)(O)OCCC2(O)CO[C@@H](n3ccc(=O)[nH]c3=O)C2O)OC(CN=[N+]=[N-])C(OC(C)=O)C1OC(C)=O. The first-order chi connectivity index (χ1) is 22.3. The Balaban J connectivity index is 1.74. The van der Waals surface area contributed by atoms with Crippen LogP contribution in [0.15, 0.2) is 27.0 Å². The molecule has 0 aliphatic carbocycles. The molecule has 0 saturated carbocycles. The molecular weight excluding hydrogens is 698 g/mol. The number of aliphatic hydroxyl groups excluding tert-OH is 1. The fourth-order valence-corrected chi connectivity index (χ4v) is 6.86. The number of nitrogens with zero attached hydrogens (tertiary/aromatic N) is 4. The molecule has 48 heavy (non-hydrogen) atoms. The molecule has 1 aromatic heterocycles. The monoisotopic (exact) mass is 730 g/mol. The van der Waals surface area contributed by atoms with E-state index in [0.717, 1.165) is 37.6 Å². The number of azide groups is 1. The van der Waals surface area contributed by atoms with E-state index in [1.165, 1.54) is 0 Å². The number of hydrogen-bond donors (Lipinski definition) is 6. The number of carbonyl (C=O) groups excluding carboxylic acids is 3. The normalized spacial score (nSPS) is 31.0. The van der Waals surface area contributed by atoms with Gasteiger partial charge in [-0.25, -0.2) is 13.9 Å². The van der Waals surface area contributed by atoms with Crippen molar-refractivity contribution in [2.45, 2.75) is 75.8 Å². The molecule has 9 unspecified atom stereocenters. The summed E-state index contributed by atoms with van der Waals surface area (Å²) in [5, 5.41) is 26.9. The Morgan fingerprint density at radius 2 is 1.81 bits per heavy atom. The third-order valence-electron chi connectivity index (χ3n) is 6.63. The molecule has 0 radical (unpaired) electrons. The summed E-state index contributed by atoms with van der Waals surface area (Å²) in [5.41, 5.74) is 4.88. The highest BCUT2D eigenvalue weighted by molar-refractivity contribution is 7.61. The minimum Gasteiger partial charge on any atom is -0.456 e. The van der Waals surface area contributed by atoms with Crippen LogP contribution in [0.25, 0.3) is 10.4 Å². The van der Waals surface area contributed by atoms with Gasteiger partial charge in [-0.1, -0.05) is 5.11 Å². The van der Waals surface area contributed by atoms with Crippen molar-refractivity contribution in [2.24, 2.45) is 5.11 Å². The Labute approximate surface area is 268 Å². The first kappa shape index (κ1) is 38.9. The molecule has 3 heterocycles.